The van der Waals surface area contributed by atoms with Gasteiger partial charge in [-0.3, -0.25) is 4.79 Å². The SMILES string of the molecule is CC(C)(C)CC/C=C/SC(=O)C(C)(C)C. The summed E-state index contributed by atoms with van der Waals surface area (Å²) < 4.78 is 0. The summed E-state index contributed by atoms with van der Waals surface area (Å²) in [5, 5.41) is 2.16. The van der Waals surface area contributed by atoms with Gasteiger partial charge in [-0.25, -0.2) is 0 Å². The monoisotopic (exact) mass is 228 g/mol. The van der Waals surface area contributed by atoms with Crippen LogP contribution in [0.15, 0.2) is 11.5 Å². The van der Waals surface area contributed by atoms with Gasteiger partial charge in [-0.1, -0.05) is 59.4 Å². The summed E-state index contributed by atoms with van der Waals surface area (Å²) in [6.07, 6.45) is 4.31. The van der Waals surface area contributed by atoms with Gasteiger partial charge < -0.3 is 0 Å². The minimum absolute atomic E-state index is 0.231. The Balaban J connectivity index is 3.78. The Hall–Kier alpha value is -0.240. The molecule has 0 aliphatic rings. The van der Waals surface area contributed by atoms with E-state index in [9.17, 15) is 4.79 Å². The van der Waals surface area contributed by atoms with Gasteiger partial charge in [-0.05, 0) is 23.7 Å². The van der Waals surface area contributed by atoms with Crippen molar-refractivity contribution < 1.29 is 4.79 Å². The molecule has 0 saturated carbocycles. The Bertz CT molecular complexity index is 228. The number of hydrogen-bond acceptors (Lipinski definition) is 2. The molecule has 1 nitrogen and oxygen atoms in total. The minimum Gasteiger partial charge on any atom is -0.286 e. The highest BCUT2D eigenvalue weighted by molar-refractivity contribution is 8.16. The van der Waals surface area contributed by atoms with Gasteiger partial charge in [0.15, 0.2) is 5.12 Å². The molecule has 0 aliphatic heterocycles. The van der Waals surface area contributed by atoms with Crippen molar-refractivity contribution in [3.05, 3.63) is 11.5 Å². The maximum atomic E-state index is 11.5. The van der Waals surface area contributed by atoms with Gasteiger partial charge >= 0.3 is 0 Å². The maximum absolute atomic E-state index is 11.5. The molecule has 0 saturated heterocycles. The molecule has 15 heavy (non-hydrogen) atoms. The molecule has 88 valence electrons. The zero-order chi connectivity index (χ0) is 12.1. The first-order chi connectivity index (χ1) is 6.63. The van der Waals surface area contributed by atoms with Crippen LogP contribution in [0.25, 0.3) is 0 Å². The predicted molar refractivity (Wildman–Crippen MR) is 69.9 cm³/mol. The number of carbonyl (C=O) groups excluding carboxylic acids is 1. The third-order valence-corrected chi connectivity index (χ3v) is 3.10. The van der Waals surface area contributed by atoms with E-state index in [4.69, 9.17) is 0 Å². The zero-order valence-electron chi connectivity index (χ0n) is 10.9. The lowest BCUT2D eigenvalue weighted by Crippen LogP contribution is -2.15. The quantitative estimate of drug-likeness (QED) is 0.700. The third-order valence-electron chi connectivity index (χ3n) is 1.94. The zero-order valence-corrected chi connectivity index (χ0v) is 11.7. The molecule has 0 atom stereocenters. The highest BCUT2D eigenvalue weighted by Gasteiger charge is 2.20. The van der Waals surface area contributed by atoms with Crippen molar-refractivity contribution in [2.24, 2.45) is 10.8 Å². The van der Waals surface area contributed by atoms with Gasteiger partial charge in [-0.15, -0.1) is 0 Å². The molecular weight excluding hydrogens is 204 g/mol. The first-order valence-electron chi connectivity index (χ1n) is 5.49. The first kappa shape index (κ1) is 14.8. The largest absolute Gasteiger partial charge is 0.286 e. The molecule has 0 aliphatic carbocycles. The smallest absolute Gasteiger partial charge is 0.198 e. The van der Waals surface area contributed by atoms with E-state index in [1.807, 2.05) is 26.2 Å². The molecule has 0 aromatic heterocycles. The number of hydrogen-bond donors (Lipinski definition) is 0. The van der Waals surface area contributed by atoms with E-state index in [1.54, 1.807) is 0 Å². The van der Waals surface area contributed by atoms with Gasteiger partial charge in [0.1, 0.15) is 0 Å². The fourth-order valence-electron chi connectivity index (χ4n) is 0.871. The van der Waals surface area contributed by atoms with E-state index in [0.717, 1.165) is 12.8 Å². The van der Waals surface area contributed by atoms with Gasteiger partial charge in [-0.2, -0.15) is 0 Å². The normalized spacial score (nSPS) is 13.5. The highest BCUT2D eigenvalue weighted by atomic mass is 32.2. The molecule has 0 fully saturated rings. The molecule has 0 radical (unpaired) electrons. The molecule has 0 aromatic rings. The van der Waals surface area contributed by atoms with Crippen LogP contribution in [0.2, 0.25) is 0 Å². The van der Waals surface area contributed by atoms with Crippen LogP contribution in [0, 0.1) is 10.8 Å². The van der Waals surface area contributed by atoms with Gasteiger partial charge in [0.25, 0.3) is 0 Å². The van der Waals surface area contributed by atoms with E-state index < -0.39 is 0 Å². The van der Waals surface area contributed by atoms with Gasteiger partial charge in [0, 0.05) is 5.41 Å². The second-order valence-electron chi connectivity index (χ2n) is 6.13. The van der Waals surface area contributed by atoms with Crippen molar-refractivity contribution >= 4 is 16.9 Å². The second-order valence-corrected chi connectivity index (χ2v) is 7.01. The topological polar surface area (TPSA) is 17.1 Å². The first-order valence-corrected chi connectivity index (χ1v) is 6.37. The van der Waals surface area contributed by atoms with Crippen molar-refractivity contribution in [2.45, 2.75) is 54.4 Å². The van der Waals surface area contributed by atoms with E-state index in [1.165, 1.54) is 11.8 Å². The van der Waals surface area contributed by atoms with Crippen molar-refractivity contribution in [1.29, 1.82) is 0 Å². The summed E-state index contributed by atoms with van der Waals surface area (Å²) in [6.45, 7) is 12.5. The highest BCUT2D eigenvalue weighted by Crippen LogP contribution is 2.24. The molecule has 0 spiro atoms. The van der Waals surface area contributed by atoms with Crippen LogP contribution in [0.4, 0.5) is 0 Å². The van der Waals surface area contributed by atoms with E-state index in [2.05, 4.69) is 26.8 Å². The third kappa shape index (κ3) is 8.73. The summed E-state index contributed by atoms with van der Waals surface area (Å²) in [4.78, 5) is 11.5. The summed E-state index contributed by atoms with van der Waals surface area (Å²) in [7, 11) is 0. The summed E-state index contributed by atoms with van der Waals surface area (Å²) >= 11 is 1.31. The van der Waals surface area contributed by atoms with Crippen LogP contribution in [0.1, 0.15) is 54.4 Å². The number of rotatable bonds is 3. The minimum atomic E-state index is -0.237. The Morgan fingerprint density at radius 3 is 2.07 bits per heavy atom. The van der Waals surface area contributed by atoms with Crippen LogP contribution in [-0.2, 0) is 4.79 Å². The second kappa shape index (κ2) is 5.74. The van der Waals surface area contributed by atoms with Gasteiger partial charge in [0.05, 0.1) is 0 Å². The number of carbonyl (C=O) groups is 1. The molecule has 0 heterocycles. The Labute approximate surface area is 98.7 Å². The lowest BCUT2D eigenvalue weighted by atomic mass is 9.91. The lowest BCUT2D eigenvalue weighted by Gasteiger charge is -2.16. The van der Waals surface area contributed by atoms with Crippen LogP contribution in [-0.4, -0.2) is 5.12 Å². The molecule has 0 bridgehead atoms. The Kier molecular flexibility index (Phi) is 5.65. The Morgan fingerprint density at radius 1 is 1.13 bits per heavy atom. The average Bonchev–Trinajstić information content (AvgIpc) is 1.99. The molecule has 0 N–H and O–H groups in total. The van der Waals surface area contributed by atoms with Crippen LogP contribution < -0.4 is 0 Å². The van der Waals surface area contributed by atoms with Crippen molar-refractivity contribution in [2.75, 3.05) is 0 Å². The average molecular weight is 228 g/mol. The summed E-state index contributed by atoms with van der Waals surface area (Å²) in [6, 6.07) is 0. The number of thioether (sulfide) groups is 1. The number of allylic oxidation sites excluding steroid dienone is 1. The molecular formula is C13H24OS. The molecule has 0 unspecified atom stereocenters. The fourth-order valence-corrected chi connectivity index (χ4v) is 1.58. The molecule has 2 heteroatoms. The Morgan fingerprint density at radius 2 is 1.67 bits per heavy atom. The summed E-state index contributed by atoms with van der Waals surface area (Å²) in [5.41, 5.74) is 0.141. The molecule has 0 aromatic carbocycles. The molecule has 0 amide bonds. The lowest BCUT2D eigenvalue weighted by molar-refractivity contribution is -0.117. The van der Waals surface area contributed by atoms with E-state index >= 15 is 0 Å². The van der Waals surface area contributed by atoms with E-state index in [0.29, 0.717) is 5.41 Å². The van der Waals surface area contributed by atoms with Crippen molar-refractivity contribution in [3.8, 4) is 0 Å². The van der Waals surface area contributed by atoms with E-state index in [-0.39, 0.29) is 10.5 Å². The predicted octanol–water partition coefficient (Wildman–Crippen LogP) is 4.63. The standard InChI is InChI=1S/C13H24OS/c1-12(2,3)9-7-8-10-15-11(14)13(4,5)6/h8,10H,7,9H2,1-6H3/b10-8+. The molecule has 0 rings (SSSR count). The van der Waals surface area contributed by atoms with Crippen molar-refractivity contribution in [1.82, 2.24) is 0 Å². The van der Waals surface area contributed by atoms with Crippen LogP contribution in [0.3, 0.4) is 0 Å². The van der Waals surface area contributed by atoms with Gasteiger partial charge in [0.2, 0.25) is 0 Å². The van der Waals surface area contributed by atoms with Crippen LogP contribution in [0.5, 0.6) is 0 Å². The maximum Gasteiger partial charge on any atom is 0.198 e. The summed E-state index contributed by atoms with van der Waals surface area (Å²) in [5.74, 6) is 0. The fraction of sp³-hybridized carbons (Fsp3) is 0.769. The van der Waals surface area contributed by atoms with Crippen molar-refractivity contribution in [3.63, 3.8) is 0 Å². The van der Waals surface area contributed by atoms with Crippen LogP contribution >= 0.6 is 11.8 Å².